The topological polar surface area (TPSA) is 67.4 Å². The first kappa shape index (κ1) is 19.5. The summed E-state index contributed by atoms with van der Waals surface area (Å²) in [5, 5.41) is 5.76. The lowest BCUT2D eigenvalue weighted by atomic mass is 10.1. The van der Waals surface area contributed by atoms with E-state index in [-0.39, 0.29) is 17.9 Å². The molecule has 5 nitrogen and oxygen atoms in total. The number of anilines is 1. The quantitative estimate of drug-likeness (QED) is 0.744. The number of hydrogen-bond donors (Lipinski definition) is 2. The molecule has 0 aliphatic heterocycles. The number of carbonyl (C=O) groups excluding carboxylic acids is 2. The van der Waals surface area contributed by atoms with E-state index in [0.29, 0.717) is 29.2 Å². The second-order valence-corrected chi connectivity index (χ2v) is 6.13. The summed E-state index contributed by atoms with van der Waals surface area (Å²) in [7, 11) is 0. The van der Waals surface area contributed by atoms with Crippen LogP contribution in [-0.2, 0) is 0 Å². The summed E-state index contributed by atoms with van der Waals surface area (Å²) in [4.78, 5) is 25.2. The van der Waals surface area contributed by atoms with Gasteiger partial charge in [-0.2, -0.15) is 0 Å². The molecule has 0 aliphatic rings. The van der Waals surface area contributed by atoms with Crippen molar-refractivity contribution >= 4 is 17.5 Å². The Kier molecular flexibility index (Phi) is 7.21. The molecule has 0 spiro atoms. The lowest BCUT2D eigenvalue weighted by Gasteiger charge is -2.15. The second kappa shape index (κ2) is 9.61. The fourth-order valence-corrected chi connectivity index (χ4v) is 2.38. The van der Waals surface area contributed by atoms with Crippen LogP contribution in [0.2, 0.25) is 0 Å². The van der Waals surface area contributed by atoms with Gasteiger partial charge in [-0.15, -0.1) is 0 Å². The molecule has 0 heterocycles. The van der Waals surface area contributed by atoms with Crippen LogP contribution in [0.5, 0.6) is 5.75 Å². The lowest BCUT2D eigenvalue weighted by molar-refractivity contribution is 0.0940. The Bertz CT molecular complexity index is 758. The largest absolute Gasteiger partial charge is 0.493 e. The number of benzene rings is 2. The van der Waals surface area contributed by atoms with Gasteiger partial charge in [-0.05, 0) is 44.0 Å². The third-order valence-corrected chi connectivity index (χ3v) is 4.00. The van der Waals surface area contributed by atoms with Gasteiger partial charge < -0.3 is 15.4 Å². The molecule has 0 fully saturated rings. The Labute approximate surface area is 154 Å². The minimum Gasteiger partial charge on any atom is -0.493 e. The van der Waals surface area contributed by atoms with Gasteiger partial charge >= 0.3 is 0 Å². The molecule has 2 aromatic carbocycles. The van der Waals surface area contributed by atoms with E-state index >= 15 is 0 Å². The number of hydrogen-bond acceptors (Lipinski definition) is 3. The van der Waals surface area contributed by atoms with Gasteiger partial charge in [-0.25, -0.2) is 0 Å². The number of amides is 2. The normalized spacial score (nSPS) is 11.5. The van der Waals surface area contributed by atoms with Crippen LogP contribution < -0.4 is 15.4 Å². The highest BCUT2D eigenvalue weighted by Crippen LogP contribution is 2.22. The van der Waals surface area contributed by atoms with Crippen LogP contribution in [0.4, 0.5) is 5.69 Å². The van der Waals surface area contributed by atoms with E-state index in [1.54, 1.807) is 42.5 Å². The van der Waals surface area contributed by atoms with E-state index in [4.69, 9.17) is 4.74 Å². The SMILES string of the molecule is CCCOc1ccccc1C(=O)Nc1ccccc1C(=O)NC(C)CC. The molecule has 2 aromatic rings. The van der Waals surface area contributed by atoms with Gasteiger partial charge in [0.05, 0.1) is 23.4 Å². The van der Waals surface area contributed by atoms with Gasteiger partial charge in [0.15, 0.2) is 0 Å². The van der Waals surface area contributed by atoms with Crippen LogP contribution in [0.15, 0.2) is 48.5 Å². The predicted octanol–water partition coefficient (Wildman–Crippen LogP) is 4.26. The number of rotatable bonds is 8. The van der Waals surface area contributed by atoms with Crippen molar-refractivity contribution in [1.29, 1.82) is 0 Å². The first-order chi connectivity index (χ1) is 12.6. The molecular weight excluding hydrogens is 328 g/mol. The van der Waals surface area contributed by atoms with E-state index < -0.39 is 0 Å². The highest BCUT2D eigenvalue weighted by Gasteiger charge is 2.17. The summed E-state index contributed by atoms with van der Waals surface area (Å²) in [6.07, 6.45) is 1.69. The van der Waals surface area contributed by atoms with Crippen molar-refractivity contribution in [2.75, 3.05) is 11.9 Å². The summed E-state index contributed by atoms with van der Waals surface area (Å²) in [6, 6.07) is 14.1. The van der Waals surface area contributed by atoms with Crippen molar-refractivity contribution < 1.29 is 14.3 Å². The third-order valence-electron chi connectivity index (χ3n) is 4.00. The van der Waals surface area contributed by atoms with Crippen molar-refractivity contribution in [2.45, 2.75) is 39.7 Å². The van der Waals surface area contributed by atoms with Crippen LogP contribution in [0.3, 0.4) is 0 Å². The minimum atomic E-state index is -0.305. The monoisotopic (exact) mass is 354 g/mol. The molecule has 0 bridgehead atoms. The zero-order chi connectivity index (χ0) is 18.9. The lowest BCUT2D eigenvalue weighted by Crippen LogP contribution is -2.32. The molecule has 5 heteroatoms. The summed E-state index contributed by atoms with van der Waals surface area (Å²) in [6.45, 7) is 6.50. The van der Waals surface area contributed by atoms with Crippen LogP contribution in [0.25, 0.3) is 0 Å². The molecule has 2 amide bonds. The van der Waals surface area contributed by atoms with E-state index in [0.717, 1.165) is 12.8 Å². The van der Waals surface area contributed by atoms with E-state index in [1.165, 1.54) is 0 Å². The number of carbonyl (C=O) groups is 2. The molecular formula is C21H26N2O3. The van der Waals surface area contributed by atoms with Gasteiger partial charge in [0.1, 0.15) is 5.75 Å². The average molecular weight is 354 g/mol. The molecule has 0 aliphatic carbocycles. The van der Waals surface area contributed by atoms with E-state index in [1.807, 2.05) is 26.8 Å². The maximum atomic E-state index is 12.7. The van der Waals surface area contributed by atoms with Crippen LogP contribution >= 0.6 is 0 Å². The number of ether oxygens (including phenoxy) is 1. The Hall–Kier alpha value is -2.82. The fourth-order valence-electron chi connectivity index (χ4n) is 2.38. The van der Waals surface area contributed by atoms with Gasteiger partial charge in [0.25, 0.3) is 11.8 Å². The van der Waals surface area contributed by atoms with Gasteiger partial charge in [-0.1, -0.05) is 38.1 Å². The minimum absolute atomic E-state index is 0.0643. The summed E-state index contributed by atoms with van der Waals surface area (Å²) < 4.78 is 5.65. The zero-order valence-electron chi connectivity index (χ0n) is 15.5. The van der Waals surface area contributed by atoms with E-state index in [2.05, 4.69) is 10.6 Å². The molecule has 2 N–H and O–H groups in total. The molecule has 0 aromatic heterocycles. The first-order valence-corrected chi connectivity index (χ1v) is 8.99. The Morgan fingerprint density at radius 3 is 2.31 bits per heavy atom. The van der Waals surface area contributed by atoms with Crippen molar-refractivity contribution in [3.05, 3.63) is 59.7 Å². The third kappa shape index (κ3) is 5.09. The van der Waals surface area contributed by atoms with Crippen molar-refractivity contribution in [1.82, 2.24) is 5.32 Å². The van der Waals surface area contributed by atoms with Gasteiger partial charge in [0, 0.05) is 6.04 Å². The molecule has 1 unspecified atom stereocenters. The van der Waals surface area contributed by atoms with Crippen molar-refractivity contribution in [2.24, 2.45) is 0 Å². The maximum Gasteiger partial charge on any atom is 0.259 e. The summed E-state index contributed by atoms with van der Waals surface area (Å²) >= 11 is 0. The predicted molar refractivity (Wildman–Crippen MR) is 104 cm³/mol. The Balaban J connectivity index is 2.21. The molecule has 2 rings (SSSR count). The number of nitrogens with one attached hydrogen (secondary N) is 2. The highest BCUT2D eigenvalue weighted by molar-refractivity contribution is 6.10. The second-order valence-electron chi connectivity index (χ2n) is 6.13. The first-order valence-electron chi connectivity index (χ1n) is 8.99. The van der Waals surface area contributed by atoms with Crippen molar-refractivity contribution in [3.8, 4) is 5.75 Å². The zero-order valence-corrected chi connectivity index (χ0v) is 15.5. The van der Waals surface area contributed by atoms with Crippen LogP contribution in [0, 0.1) is 0 Å². The molecule has 0 saturated carbocycles. The summed E-state index contributed by atoms with van der Waals surface area (Å²) in [5.41, 5.74) is 1.36. The molecule has 0 saturated heterocycles. The highest BCUT2D eigenvalue weighted by atomic mass is 16.5. The molecule has 1 atom stereocenters. The smallest absolute Gasteiger partial charge is 0.259 e. The van der Waals surface area contributed by atoms with E-state index in [9.17, 15) is 9.59 Å². The maximum absolute atomic E-state index is 12.7. The Morgan fingerprint density at radius 2 is 1.62 bits per heavy atom. The van der Waals surface area contributed by atoms with Gasteiger partial charge in [-0.3, -0.25) is 9.59 Å². The molecule has 0 radical (unpaired) electrons. The molecule has 26 heavy (non-hydrogen) atoms. The standard InChI is InChI=1S/C21H26N2O3/c1-4-14-26-19-13-9-7-11-17(19)21(25)23-18-12-8-6-10-16(18)20(24)22-15(3)5-2/h6-13,15H,4-5,14H2,1-3H3,(H,22,24)(H,23,25). The van der Waals surface area contributed by atoms with Crippen LogP contribution in [-0.4, -0.2) is 24.5 Å². The Morgan fingerprint density at radius 1 is 0.962 bits per heavy atom. The van der Waals surface area contributed by atoms with Gasteiger partial charge in [0.2, 0.25) is 0 Å². The van der Waals surface area contributed by atoms with Crippen LogP contribution in [0.1, 0.15) is 54.3 Å². The summed E-state index contributed by atoms with van der Waals surface area (Å²) in [5.74, 6) is 0.0275. The fraction of sp³-hybridized carbons (Fsp3) is 0.333. The van der Waals surface area contributed by atoms with Crippen molar-refractivity contribution in [3.63, 3.8) is 0 Å². The molecule has 138 valence electrons. The average Bonchev–Trinajstić information content (AvgIpc) is 2.66. The number of para-hydroxylation sites is 2.